The van der Waals surface area contributed by atoms with Crippen LogP contribution in [0.1, 0.15) is 22.3 Å². The second-order valence-electron chi connectivity index (χ2n) is 4.71. The molecule has 0 aliphatic heterocycles. The number of aliphatic carboxylic acids is 1. The van der Waals surface area contributed by atoms with E-state index >= 15 is 0 Å². The van der Waals surface area contributed by atoms with Crippen molar-refractivity contribution in [2.45, 2.75) is 6.42 Å². The third-order valence-electron chi connectivity index (χ3n) is 2.63. The fourth-order valence-electron chi connectivity index (χ4n) is 1.65. The molecule has 0 radical (unpaired) electrons. The molecule has 108 valence electrons. The summed E-state index contributed by atoms with van der Waals surface area (Å²) in [6, 6.07) is 6.86. The lowest BCUT2D eigenvalue weighted by Gasteiger charge is -2.10. The molecular formula is C15H20N2O3. The summed E-state index contributed by atoms with van der Waals surface area (Å²) in [6.45, 7) is 1.54. The van der Waals surface area contributed by atoms with E-state index in [4.69, 9.17) is 5.11 Å². The highest BCUT2D eigenvalue weighted by molar-refractivity contribution is 5.95. The molecule has 1 aromatic rings. The molecule has 0 atom stereocenters. The Labute approximate surface area is 118 Å². The van der Waals surface area contributed by atoms with Crippen molar-refractivity contribution in [2.24, 2.45) is 0 Å². The number of rotatable bonds is 7. The van der Waals surface area contributed by atoms with E-state index in [9.17, 15) is 9.59 Å². The van der Waals surface area contributed by atoms with E-state index in [1.165, 1.54) is 6.08 Å². The third kappa shape index (κ3) is 6.15. The highest BCUT2D eigenvalue weighted by atomic mass is 16.4. The Morgan fingerprint density at radius 2 is 2.10 bits per heavy atom. The Kier molecular flexibility index (Phi) is 6.46. The number of carbonyl (C=O) groups is 2. The number of carbonyl (C=O) groups excluding carboxylic acids is 1. The molecule has 5 nitrogen and oxygen atoms in total. The summed E-state index contributed by atoms with van der Waals surface area (Å²) in [7, 11) is 3.97. The smallest absolute Gasteiger partial charge is 0.328 e. The van der Waals surface area contributed by atoms with Crippen LogP contribution < -0.4 is 5.32 Å². The van der Waals surface area contributed by atoms with Crippen LogP contribution >= 0.6 is 0 Å². The van der Waals surface area contributed by atoms with Gasteiger partial charge in [0.25, 0.3) is 5.91 Å². The monoisotopic (exact) mass is 276 g/mol. The molecule has 1 amide bonds. The zero-order valence-corrected chi connectivity index (χ0v) is 11.8. The van der Waals surface area contributed by atoms with Crippen molar-refractivity contribution in [1.82, 2.24) is 10.2 Å². The van der Waals surface area contributed by atoms with Crippen LogP contribution in [0.15, 0.2) is 30.3 Å². The number of hydrogen-bond donors (Lipinski definition) is 2. The topological polar surface area (TPSA) is 69.6 Å². The molecule has 0 fully saturated rings. The molecule has 0 bridgehead atoms. The number of hydrogen-bond acceptors (Lipinski definition) is 3. The van der Waals surface area contributed by atoms with Gasteiger partial charge in [-0.05, 0) is 50.8 Å². The van der Waals surface area contributed by atoms with Crippen LogP contribution in [-0.2, 0) is 4.79 Å². The van der Waals surface area contributed by atoms with Crippen LogP contribution in [0.4, 0.5) is 0 Å². The van der Waals surface area contributed by atoms with Crippen molar-refractivity contribution in [2.75, 3.05) is 27.2 Å². The van der Waals surface area contributed by atoms with E-state index in [1.54, 1.807) is 24.3 Å². The average Bonchev–Trinajstić information content (AvgIpc) is 2.41. The maximum Gasteiger partial charge on any atom is 0.328 e. The summed E-state index contributed by atoms with van der Waals surface area (Å²) in [5.41, 5.74) is 1.22. The van der Waals surface area contributed by atoms with E-state index in [1.807, 2.05) is 14.1 Å². The molecule has 0 saturated heterocycles. The molecular weight excluding hydrogens is 256 g/mol. The standard InChI is InChI=1S/C15H20N2O3/c1-17(2)10-4-9-16-15(20)13-6-3-5-12(11-13)7-8-14(18)19/h3,5-8,11H,4,9-10H2,1-2H3,(H,16,20)(H,18,19). The van der Waals surface area contributed by atoms with E-state index in [2.05, 4.69) is 10.2 Å². The normalized spacial score (nSPS) is 10.9. The van der Waals surface area contributed by atoms with Crippen molar-refractivity contribution in [3.8, 4) is 0 Å². The summed E-state index contributed by atoms with van der Waals surface area (Å²) < 4.78 is 0. The molecule has 0 spiro atoms. The number of nitrogens with zero attached hydrogens (tertiary/aromatic N) is 1. The van der Waals surface area contributed by atoms with Crippen molar-refractivity contribution < 1.29 is 14.7 Å². The maximum atomic E-state index is 11.9. The van der Waals surface area contributed by atoms with Gasteiger partial charge in [-0.3, -0.25) is 4.79 Å². The lowest BCUT2D eigenvalue weighted by atomic mass is 10.1. The number of benzene rings is 1. The number of carboxylic acid groups (broad SMARTS) is 1. The molecule has 1 rings (SSSR count). The predicted octanol–water partition coefficient (Wildman–Crippen LogP) is 1.47. The zero-order chi connectivity index (χ0) is 15.0. The van der Waals surface area contributed by atoms with Crippen molar-refractivity contribution in [3.05, 3.63) is 41.5 Å². The Morgan fingerprint density at radius 1 is 1.35 bits per heavy atom. The first kappa shape index (κ1) is 15.9. The van der Waals surface area contributed by atoms with Gasteiger partial charge in [0.15, 0.2) is 0 Å². The van der Waals surface area contributed by atoms with Gasteiger partial charge >= 0.3 is 5.97 Å². The Bertz CT molecular complexity index is 496. The fourth-order valence-corrected chi connectivity index (χ4v) is 1.65. The molecule has 2 N–H and O–H groups in total. The van der Waals surface area contributed by atoms with Crippen LogP contribution in [0.3, 0.4) is 0 Å². The van der Waals surface area contributed by atoms with Gasteiger partial charge in [0.2, 0.25) is 0 Å². The van der Waals surface area contributed by atoms with Crippen LogP contribution in [0.5, 0.6) is 0 Å². The summed E-state index contributed by atoms with van der Waals surface area (Å²) in [4.78, 5) is 24.4. The van der Waals surface area contributed by atoms with E-state index in [-0.39, 0.29) is 5.91 Å². The first-order valence-electron chi connectivity index (χ1n) is 6.43. The van der Waals surface area contributed by atoms with E-state index in [0.717, 1.165) is 19.0 Å². The Morgan fingerprint density at radius 3 is 2.75 bits per heavy atom. The summed E-state index contributed by atoms with van der Waals surface area (Å²) in [5, 5.41) is 11.4. The van der Waals surface area contributed by atoms with Gasteiger partial charge in [0.05, 0.1) is 0 Å². The van der Waals surface area contributed by atoms with Crippen molar-refractivity contribution in [3.63, 3.8) is 0 Å². The molecule has 5 heteroatoms. The highest BCUT2D eigenvalue weighted by Gasteiger charge is 2.04. The minimum Gasteiger partial charge on any atom is -0.478 e. The van der Waals surface area contributed by atoms with Gasteiger partial charge in [-0.25, -0.2) is 4.79 Å². The van der Waals surface area contributed by atoms with Gasteiger partial charge in [-0.15, -0.1) is 0 Å². The quantitative estimate of drug-likeness (QED) is 0.584. The van der Waals surface area contributed by atoms with Crippen molar-refractivity contribution >= 4 is 18.0 Å². The molecule has 0 aromatic heterocycles. The van der Waals surface area contributed by atoms with Gasteiger partial charge in [0.1, 0.15) is 0 Å². The lowest BCUT2D eigenvalue weighted by Crippen LogP contribution is -2.27. The minimum atomic E-state index is -1.01. The largest absolute Gasteiger partial charge is 0.478 e. The summed E-state index contributed by atoms with van der Waals surface area (Å²) >= 11 is 0. The molecule has 0 aliphatic rings. The van der Waals surface area contributed by atoms with Crippen LogP contribution in [-0.4, -0.2) is 49.1 Å². The minimum absolute atomic E-state index is 0.144. The molecule has 0 aliphatic carbocycles. The number of nitrogens with one attached hydrogen (secondary N) is 1. The highest BCUT2D eigenvalue weighted by Crippen LogP contribution is 2.07. The molecule has 0 saturated carbocycles. The van der Waals surface area contributed by atoms with Crippen LogP contribution in [0.25, 0.3) is 6.08 Å². The summed E-state index contributed by atoms with van der Waals surface area (Å²) in [6.07, 6.45) is 3.40. The Hall–Kier alpha value is -2.14. The Balaban J connectivity index is 2.55. The van der Waals surface area contributed by atoms with Gasteiger partial charge in [0, 0.05) is 18.2 Å². The van der Waals surface area contributed by atoms with E-state index in [0.29, 0.717) is 17.7 Å². The first-order valence-corrected chi connectivity index (χ1v) is 6.43. The van der Waals surface area contributed by atoms with Crippen LogP contribution in [0, 0.1) is 0 Å². The van der Waals surface area contributed by atoms with Gasteiger partial charge in [-0.1, -0.05) is 12.1 Å². The van der Waals surface area contributed by atoms with Crippen LogP contribution in [0.2, 0.25) is 0 Å². The fraction of sp³-hybridized carbons (Fsp3) is 0.333. The predicted molar refractivity (Wildman–Crippen MR) is 78.6 cm³/mol. The maximum absolute atomic E-state index is 11.9. The molecule has 0 unspecified atom stereocenters. The molecule has 0 heterocycles. The second kappa shape index (κ2) is 8.12. The second-order valence-corrected chi connectivity index (χ2v) is 4.71. The molecule has 1 aromatic carbocycles. The van der Waals surface area contributed by atoms with Crippen molar-refractivity contribution in [1.29, 1.82) is 0 Å². The number of carboxylic acids is 1. The average molecular weight is 276 g/mol. The summed E-state index contributed by atoms with van der Waals surface area (Å²) in [5.74, 6) is -1.15. The number of amides is 1. The SMILES string of the molecule is CN(C)CCCNC(=O)c1cccc(C=CC(=O)O)c1. The van der Waals surface area contributed by atoms with Gasteiger partial charge < -0.3 is 15.3 Å². The lowest BCUT2D eigenvalue weighted by molar-refractivity contribution is -0.131. The van der Waals surface area contributed by atoms with Gasteiger partial charge in [-0.2, -0.15) is 0 Å². The molecule has 20 heavy (non-hydrogen) atoms. The first-order chi connectivity index (χ1) is 9.49. The zero-order valence-electron chi connectivity index (χ0n) is 11.8. The van der Waals surface area contributed by atoms with E-state index < -0.39 is 5.97 Å². The third-order valence-corrected chi connectivity index (χ3v) is 2.63.